The largest absolute Gasteiger partial charge is 0.383 e. The zero-order valence-electron chi connectivity index (χ0n) is 48.0. The number of terminal acetylenes is 1. The number of piperazine rings is 2. The number of halogens is 2. The van der Waals surface area contributed by atoms with Crippen molar-refractivity contribution in [1.29, 1.82) is 0 Å². The molecule has 578 valence electrons. The molecule has 0 radical (unpaired) electrons. The number of methoxy groups -OCH3 is 2. The van der Waals surface area contributed by atoms with Gasteiger partial charge in [0.2, 0.25) is 0 Å². The molecule has 0 aliphatic carbocycles. The molecule has 4 unspecified atom stereocenters. The number of rotatable bonds is 7. The number of aromatic nitrogens is 2. The molecule has 1 N–H and O–H groups in total. The number of nitrogens with one attached hydrogen (secondary N) is 1. The first-order valence-corrected chi connectivity index (χ1v) is 102. The molecule has 4 fully saturated rings. The first-order valence-electron chi connectivity index (χ1n) is 23.7. The van der Waals surface area contributed by atoms with Crippen molar-refractivity contribution in [3.05, 3.63) is 45.8 Å². The molecule has 4 saturated heterocycles. The Hall–Kier alpha value is 11.0. The predicted octanol–water partition coefficient (Wildman–Crippen LogP) is 3.10. The van der Waals surface area contributed by atoms with Gasteiger partial charge in [-0.3, -0.25) is 4.90 Å². The fraction of sp³-hybridized carbons (Fsp3) is 0.567. The van der Waals surface area contributed by atoms with Crippen LogP contribution in [0, 0.1) is 15.9 Å². The second-order valence-corrected chi connectivity index (χ2v) is 117. The highest BCUT2D eigenvalue weighted by Crippen LogP contribution is 2.32. The third kappa shape index (κ3) is 63.9. The summed E-state index contributed by atoms with van der Waals surface area (Å²) in [5, 5.41) is 3.63. The SMILES string of the molecule is C#Cc1ccc(N2CC3CCC(C2)N3CCOC)nc1.COCC=O.Cl.Ic1ccc(N2CC3CCC(C2)N3)nc1.S=S=S=S=S=S=S=S=S=S=S=S=S=S=S=S=S=S=S=S=S=S=S=S=S=S=S=S=S=S=S=S=S=S=S=S=S=S=S=S=S=S=S=S=S=S=S=S=S=S=S=S=S=S=S=S=S=S=S. The summed E-state index contributed by atoms with van der Waals surface area (Å²) in [6, 6.07) is 10.9. The van der Waals surface area contributed by atoms with Crippen LogP contribution in [0.2, 0.25) is 0 Å². The molecule has 70 heteroatoms. The molecular weight excluding hydrogens is 2550 g/mol. The maximum absolute atomic E-state index is 9.28. The first-order chi connectivity index (χ1) is 49.0. The minimum absolute atomic E-state index is 0. The van der Waals surface area contributed by atoms with Gasteiger partial charge in [-0.15, -0.1) is 18.8 Å². The van der Waals surface area contributed by atoms with Gasteiger partial charge >= 0.3 is 0 Å². The zero-order chi connectivity index (χ0) is 70.6. The lowest BCUT2D eigenvalue weighted by atomic mass is 10.2. The number of nitrogens with zero attached hydrogens (tertiary/aromatic N) is 5. The second kappa shape index (κ2) is 83.6. The lowest BCUT2D eigenvalue weighted by molar-refractivity contribution is -0.110. The van der Waals surface area contributed by atoms with Gasteiger partial charge in [0, 0.05) is 621 Å². The Balaban J connectivity index is 0.000000650. The van der Waals surface area contributed by atoms with E-state index in [2.05, 4.69) is 75.4 Å². The van der Waals surface area contributed by atoms with E-state index < -0.39 is 0 Å². The first kappa shape index (κ1) is 107. The number of anilines is 2. The smallest absolute Gasteiger partial charge is 0.145 e. The highest BCUT2D eigenvalue weighted by atomic mass is 127. The summed E-state index contributed by atoms with van der Waals surface area (Å²) in [7, 11) is 105. The molecule has 4 atom stereocenters. The van der Waals surface area contributed by atoms with Crippen LogP contribution in [-0.4, -0.2) is 105 Å². The molecule has 6 heterocycles. The van der Waals surface area contributed by atoms with Gasteiger partial charge in [0.25, 0.3) is 0 Å². The van der Waals surface area contributed by atoms with E-state index in [9.17, 15) is 4.79 Å². The fourth-order valence-corrected chi connectivity index (χ4v) is 158. The average molecular weight is 2590 g/mol. The van der Waals surface area contributed by atoms with Crippen LogP contribution in [0.4, 0.5) is 11.6 Å². The van der Waals surface area contributed by atoms with Gasteiger partial charge < -0.3 is 29.4 Å². The molecule has 4 aliphatic rings. The molecule has 4 aliphatic heterocycles. The molecule has 4 bridgehead atoms. The van der Waals surface area contributed by atoms with E-state index in [1.165, 1.54) is 54.1 Å². The molecule has 2 aromatic heterocycles. The van der Waals surface area contributed by atoms with Crippen molar-refractivity contribution in [3.63, 3.8) is 0 Å². The number of ether oxygens (including phenoxy) is 2. The van der Waals surface area contributed by atoms with Crippen LogP contribution in [0.5, 0.6) is 0 Å². The van der Waals surface area contributed by atoms with Gasteiger partial charge in [0.05, 0.1) is 6.61 Å². The van der Waals surface area contributed by atoms with Crippen molar-refractivity contribution in [2.75, 3.05) is 70.0 Å². The van der Waals surface area contributed by atoms with Crippen molar-refractivity contribution >= 4 is 581 Å². The minimum atomic E-state index is 0. The maximum atomic E-state index is 9.28. The highest BCUT2D eigenvalue weighted by Gasteiger charge is 2.39. The molecule has 0 amide bonds. The van der Waals surface area contributed by atoms with Crippen LogP contribution in [0.15, 0.2) is 36.7 Å². The summed E-state index contributed by atoms with van der Waals surface area (Å²) < 4.78 is 10.7. The molecule has 100 heavy (non-hydrogen) atoms. The van der Waals surface area contributed by atoms with E-state index >= 15 is 0 Å². The second-order valence-electron chi connectivity index (χ2n) is 14.4. The van der Waals surface area contributed by atoms with E-state index in [0.717, 1.165) is 56.5 Å². The Labute approximate surface area is 775 Å². The predicted molar refractivity (Wildman–Crippen MR) is 609 cm³/mol. The summed E-state index contributed by atoms with van der Waals surface area (Å²) in [5.74, 6) is 4.80. The summed E-state index contributed by atoms with van der Waals surface area (Å²) >= 11 is 11.9. The summed E-state index contributed by atoms with van der Waals surface area (Å²) in [6.07, 6.45) is 15.0. The molecular formula is C30H42ClIN6O3S59. The van der Waals surface area contributed by atoms with Crippen LogP contribution in [0.25, 0.3) is 0 Å². The standard InChI is InChI=1S/C16H21N3O.C11H14IN3.C3H6O2.ClH.S59/c1-3-13-4-7-16(17-10-13)18-11-14-5-6-15(12-18)19(14)8-9-20-2;12-8-1-4-11(13-5-8)15-6-9-2-3-10(7-15)14-9;1-5-3-2-4;;1-3-5-7-9-11-13-15-17-19-21-23-25-27-29-31-33-35-37-39-41-43-45-47-49-51-53-55-57-59-58-56-54-52-50-48-46-44-42-40-38-36-34-32-30-28-26-24-22-20-18-16-14-12-10-8-6-4-2/h1,4,7,10,14-15H,5-6,8-9,11-12H2,2H3;1,4-5,9-10,14H,2-3,6-7H2;2H,3H2,1H3;1H;. The van der Waals surface area contributed by atoms with E-state index in [1.54, 1.807) is 120 Å². The topological polar surface area (TPSA) is 83.1 Å². The van der Waals surface area contributed by atoms with E-state index in [1.807, 2.05) is 400 Å². The third-order valence-corrected chi connectivity index (χ3v) is 135. The van der Waals surface area contributed by atoms with Crippen LogP contribution in [-0.2, 0) is 543 Å². The molecule has 6 rings (SSSR count). The lowest BCUT2D eigenvalue weighted by Crippen LogP contribution is -2.54. The Morgan fingerprint density at radius 2 is 0.720 bits per heavy atom. The van der Waals surface area contributed by atoms with Gasteiger partial charge in [-0.1, -0.05) is 5.92 Å². The molecule has 9 nitrogen and oxygen atoms in total. The maximum Gasteiger partial charge on any atom is 0.145 e. The molecule has 0 saturated carbocycles. The van der Waals surface area contributed by atoms with Crippen molar-refractivity contribution < 1.29 is 14.3 Å². The van der Waals surface area contributed by atoms with Gasteiger partial charge in [-0.2, -0.15) is 0 Å². The lowest BCUT2D eigenvalue weighted by Gasteiger charge is -2.41. The fourth-order valence-electron chi connectivity index (χ4n) is 6.63. The Morgan fingerprint density at radius 3 is 0.940 bits per heavy atom. The van der Waals surface area contributed by atoms with Crippen LogP contribution < -0.4 is 15.1 Å². The Kier molecular flexibility index (Phi) is 89.5. The molecule has 2 aromatic rings. The normalized spacial score (nSPS) is 14.5. The van der Waals surface area contributed by atoms with Crippen LogP contribution in [0.1, 0.15) is 31.2 Å². The Bertz CT molecular complexity index is 5690. The number of aldehydes is 1. The minimum Gasteiger partial charge on any atom is -0.383 e. The van der Waals surface area contributed by atoms with Crippen molar-refractivity contribution in [2.24, 2.45) is 0 Å². The quantitative estimate of drug-likeness (QED) is 0.253. The van der Waals surface area contributed by atoms with Crippen LogP contribution in [0.3, 0.4) is 0 Å². The average Bonchev–Trinajstić information content (AvgIpc) is 1.62. The van der Waals surface area contributed by atoms with E-state index in [-0.39, 0.29) is 19.0 Å². The van der Waals surface area contributed by atoms with Crippen molar-refractivity contribution in [1.82, 2.24) is 20.2 Å². The van der Waals surface area contributed by atoms with Gasteiger partial charge in [-0.25, -0.2) is 9.97 Å². The van der Waals surface area contributed by atoms with Crippen molar-refractivity contribution in [2.45, 2.75) is 49.9 Å². The Morgan fingerprint density at radius 1 is 0.440 bits per heavy atom. The molecule has 0 aromatic carbocycles. The number of carbonyl (C=O) groups excluding carboxylic acids is 1. The van der Waals surface area contributed by atoms with Gasteiger partial charge in [-0.05, 0) is 72.5 Å². The summed E-state index contributed by atoms with van der Waals surface area (Å²) in [5.41, 5.74) is 0.843. The van der Waals surface area contributed by atoms with Gasteiger partial charge in [0.1, 0.15) is 24.5 Å². The number of hydrogen-bond acceptors (Lipinski definition) is 11. The zero-order valence-corrected chi connectivity index (χ0v) is 99.2. The van der Waals surface area contributed by atoms with Crippen molar-refractivity contribution in [3.8, 4) is 12.3 Å². The molecule has 0 spiro atoms. The van der Waals surface area contributed by atoms with Gasteiger partial charge in [0.15, 0.2) is 0 Å². The van der Waals surface area contributed by atoms with E-state index in [0.29, 0.717) is 30.5 Å². The van der Waals surface area contributed by atoms with Crippen LogP contribution >= 0.6 is 35.0 Å². The number of carbonyl (C=O) groups is 1. The highest BCUT2D eigenvalue weighted by molar-refractivity contribution is 14.1. The number of hydrogen-bond donors (Lipinski definition) is 1. The number of pyridine rings is 2. The number of fused-ring (bicyclic) bond motifs is 4. The monoisotopic (exact) mass is 2580 g/mol. The summed E-state index contributed by atoms with van der Waals surface area (Å²) in [4.78, 5) is 25.7. The third-order valence-electron chi connectivity index (χ3n) is 9.47. The summed E-state index contributed by atoms with van der Waals surface area (Å²) in [6.45, 7) is 6.42. The van der Waals surface area contributed by atoms with E-state index in [4.69, 9.17) is 33.5 Å².